The highest BCUT2D eigenvalue weighted by Crippen LogP contribution is 2.25. The molecule has 5 nitrogen and oxygen atoms in total. The van der Waals surface area contributed by atoms with Gasteiger partial charge in [0.2, 0.25) is 10.0 Å². The van der Waals surface area contributed by atoms with E-state index in [1.165, 1.54) is 11.4 Å². The lowest BCUT2D eigenvalue weighted by Gasteiger charge is -2.22. The third-order valence-electron chi connectivity index (χ3n) is 3.39. The van der Waals surface area contributed by atoms with Gasteiger partial charge in [-0.1, -0.05) is 17.7 Å². The molecule has 1 aromatic rings. The van der Waals surface area contributed by atoms with Gasteiger partial charge in [-0.2, -0.15) is 0 Å². The van der Waals surface area contributed by atoms with Crippen LogP contribution in [0.25, 0.3) is 0 Å². The van der Waals surface area contributed by atoms with E-state index in [2.05, 4.69) is 0 Å². The summed E-state index contributed by atoms with van der Waals surface area (Å²) in [6.45, 7) is 1.92. The minimum absolute atomic E-state index is 0.0430. The van der Waals surface area contributed by atoms with E-state index in [1.54, 1.807) is 12.1 Å². The van der Waals surface area contributed by atoms with Gasteiger partial charge in [0, 0.05) is 7.05 Å². The summed E-state index contributed by atoms with van der Waals surface area (Å²) >= 11 is 0. The first-order valence-electron chi connectivity index (χ1n) is 5.97. The van der Waals surface area contributed by atoms with Gasteiger partial charge >= 0.3 is 0 Å². The Morgan fingerprint density at radius 2 is 1.79 bits per heavy atom. The van der Waals surface area contributed by atoms with Crippen LogP contribution in [-0.2, 0) is 19.9 Å². The molecule has 0 spiro atoms. The third-order valence-corrected chi connectivity index (χ3v) is 7.59. The fourth-order valence-corrected chi connectivity index (χ4v) is 6.40. The molecule has 1 aliphatic heterocycles. The molecule has 0 amide bonds. The Kier molecular flexibility index (Phi) is 3.61. The molecule has 7 heteroatoms. The summed E-state index contributed by atoms with van der Waals surface area (Å²) < 4.78 is 48.7. The van der Waals surface area contributed by atoms with Crippen LogP contribution in [0.3, 0.4) is 0 Å². The maximum absolute atomic E-state index is 12.4. The van der Waals surface area contributed by atoms with E-state index >= 15 is 0 Å². The van der Waals surface area contributed by atoms with Crippen molar-refractivity contribution >= 4 is 25.5 Å². The van der Waals surface area contributed by atoms with E-state index in [0.29, 0.717) is 5.69 Å². The largest absolute Gasteiger partial charge is 0.273 e. The Labute approximate surface area is 114 Å². The molecule has 0 unspecified atom stereocenters. The topological polar surface area (TPSA) is 71.5 Å². The first-order valence-corrected chi connectivity index (χ1v) is 9.30. The van der Waals surface area contributed by atoms with E-state index < -0.39 is 25.1 Å². The number of aryl methyl sites for hydroxylation is 1. The van der Waals surface area contributed by atoms with Gasteiger partial charge < -0.3 is 0 Å². The van der Waals surface area contributed by atoms with E-state index in [4.69, 9.17) is 0 Å². The summed E-state index contributed by atoms with van der Waals surface area (Å²) in [5.41, 5.74) is 1.59. The number of anilines is 1. The minimum atomic E-state index is -3.62. The summed E-state index contributed by atoms with van der Waals surface area (Å²) in [5.74, 6) is -0.315. The fraction of sp³-hybridized carbons (Fsp3) is 0.500. The van der Waals surface area contributed by atoms with Crippen molar-refractivity contribution < 1.29 is 16.8 Å². The summed E-state index contributed by atoms with van der Waals surface area (Å²) in [5, 5.41) is -0.830. The van der Waals surface area contributed by atoms with E-state index in [-0.39, 0.29) is 17.9 Å². The third kappa shape index (κ3) is 2.92. The number of benzene rings is 1. The normalized spacial score (nSPS) is 22.3. The van der Waals surface area contributed by atoms with E-state index in [9.17, 15) is 16.8 Å². The second-order valence-corrected chi connectivity index (χ2v) is 9.35. The molecule has 19 heavy (non-hydrogen) atoms. The summed E-state index contributed by atoms with van der Waals surface area (Å²) in [6, 6.07) is 7.09. The molecule has 1 aliphatic rings. The minimum Gasteiger partial charge on any atom is -0.273 e. The number of hydrogen-bond donors (Lipinski definition) is 0. The summed E-state index contributed by atoms with van der Waals surface area (Å²) in [6.07, 6.45) is 0.181. The van der Waals surface area contributed by atoms with Crippen molar-refractivity contribution in [3.8, 4) is 0 Å². The van der Waals surface area contributed by atoms with Crippen LogP contribution in [0.5, 0.6) is 0 Å². The molecule has 0 bridgehead atoms. The summed E-state index contributed by atoms with van der Waals surface area (Å²) in [7, 11) is -5.37. The first-order chi connectivity index (χ1) is 8.72. The first kappa shape index (κ1) is 14.3. The lowest BCUT2D eigenvalue weighted by Crippen LogP contribution is -2.36. The van der Waals surface area contributed by atoms with Crippen LogP contribution in [0.4, 0.5) is 5.69 Å². The van der Waals surface area contributed by atoms with Crippen LogP contribution in [0.1, 0.15) is 12.0 Å². The van der Waals surface area contributed by atoms with Crippen molar-refractivity contribution in [2.45, 2.75) is 18.6 Å². The maximum atomic E-state index is 12.4. The van der Waals surface area contributed by atoms with Crippen molar-refractivity contribution in [2.75, 3.05) is 22.9 Å². The monoisotopic (exact) mass is 303 g/mol. The molecule has 1 aromatic carbocycles. The molecule has 0 aromatic heterocycles. The van der Waals surface area contributed by atoms with Gasteiger partial charge in [-0.25, -0.2) is 16.8 Å². The van der Waals surface area contributed by atoms with Gasteiger partial charge in [0.05, 0.1) is 22.4 Å². The second-order valence-electron chi connectivity index (χ2n) is 4.87. The molecule has 0 radical (unpaired) electrons. The molecule has 1 saturated heterocycles. The molecular weight excluding hydrogens is 286 g/mol. The van der Waals surface area contributed by atoms with Crippen molar-refractivity contribution in [1.82, 2.24) is 0 Å². The highest BCUT2D eigenvalue weighted by Gasteiger charge is 2.39. The molecule has 1 atom stereocenters. The molecule has 1 fully saturated rings. The lowest BCUT2D eigenvalue weighted by atomic mass is 10.2. The molecule has 0 saturated carbocycles. The Morgan fingerprint density at radius 3 is 2.26 bits per heavy atom. The zero-order valence-electron chi connectivity index (χ0n) is 10.9. The van der Waals surface area contributed by atoms with E-state index in [0.717, 1.165) is 5.56 Å². The van der Waals surface area contributed by atoms with Gasteiger partial charge in [-0.3, -0.25) is 4.31 Å². The predicted molar refractivity (Wildman–Crippen MR) is 75.6 cm³/mol. The second kappa shape index (κ2) is 4.79. The van der Waals surface area contributed by atoms with Gasteiger partial charge in [0.15, 0.2) is 9.84 Å². The maximum Gasteiger partial charge on any atom is 0.238 e. The Balaban J connectivity index is 2.27. The number of sulfonamides is 1. The average molecular weight is 303 g/mol. The summed E-state index contributed by atoms with van der Waals surface area (Å²) in [4.78, 5) is 0. The van der Waals surface area contributed by atoms with Crippen LogP contribution in [0.15, 0.2) is 24.3 Å². The van der Waals surface area contributed by atoms with Crippen molar-refractivity contribution in [2.24, 2.45) is 0 Å². The fourth-order valence-electron chi connectivity index (χ4n) is 2.12. The van der Waals surface area contributed by atoms with Gasteiger partial charge in [0.1, 0.15) is 0 Å². The van der Waals surface area contributed by atoms with Crippen molar-refractivity contribution in [3.63, 3.8) is 0 Å². The SMILES string of the molecule is Cc1ccc(N(C)S(=O)(=O)[C@@H]2CCS(=O)(=O)C2)cc1. The molecular formula is C12H17NO4S2. The lowest BCUT2D eigenvalue weighted by molar-refractivity contribution is 0.580. The number of nitrogens with zero attached hydrogens (tertiary/aromatic N) is 1. The number of rotatable bonds is 3. The Morgan fingerprint density at radius 1 is 1.21 bits per heavy atom. The van der Waals surface area contributed by atoms with Crippen LogP contribution >= 0.6 is 0 Å². The van der Waals surface area contributed by atoms with Gasteiger partial charge in [-0.15, -0.1) is 0 Å². The highest BCUT2D eigenvalue weighted by atomic mass is 32.2. The van der Waals surface area contributed by atoms with E-state index in [1.807, 2.05) is 19.1 Å². The predicted octanol–water partition coefficient (Wildman–Crippen LogP) is 0.948. The van der Waals surface area contributed by atoms with Crippen molar-refractivity contribution in [1.29, 1.82) is 0 Å². The molecule has 1 heterocycles. The van der Waals surface area contributed by atoms with Crippen LogP contribution in [-0.4, -0.2) is 40.6 Å². The van der Waals surface area contributed by atoms with Crippen LogP contribution < -0.4 is 4.31 Å². The Hall–Kier alpha value is -1.08. The standard InChI is InChI=1S/C12H17NO4S2/c1-10-3-5-11(6-4-10)13(2)19(16,17)12-7-8-18(14,15)9-12/h3-6,12H,7-9H2,1-2H3/t12-/m1/s1. The smallest absolute Gasteiger partial charge is 0.238 e. The molecule has 106 valence electrons. The zero-order valence-corrected chi connectivity index (χ0v) is 12.5. The highest BCUT2D eigenvalue weighted by molar-refractivity contribution is 7.97. The zero-order chi connectivity index (χ0) is 14.3. The quantitative estimate of drug-likeness (QED) is 0.833. The number of hydrogen-bond acceptors (Lipinski definition) is 4. The van der Waals surface area contributed by atoms with Gasteiger partial charge in [0.25, 0.3) is 0 Å². The van der Waals surface area contributed by atoms with Crippen LogP contribution in [0.2, 0.25) is 0 Å². The number of sulfone groups is 1. The average Bonchev–Trinajstić information content (AvgIpc) is 2.70. The van der Waals surface area contributed by atoms with Crippen molar-refractivity contribution in [3.05, 3.63) is 29.8 Å². The Bertz CT molecular complexity index is 662. The van der Waals surface area contributed by atoms with Gasteiger partial charge in [-0.05, 0) is 25.5 Å². The van der Waals surface area contributed by atoms with Crippen LogP contribution in [0, 0.1) is 6.92 Å². The molecule has 2 rings (SSSR count). The molecule has 0 N–H and O–H groups in total. The molecule has 0 aliphatic carbocycles.